The largest absolute Gasteiger partial charge is 0.270 e. The highest BCUT2D eigenvalue weighted by molar-refractivity contribution is 8.15. The molecule has 0 amide bonds. The minimum atomic E-state index is -0.102. The second-order valence-corrected chi connectivity index (χ2v) is 16.0. The summed E-state index contributed by atoms with van der Waals surface area (Å²) >= 11 is 1.88. The first kappa shape index (κ1) is 29.9. The molecule has 9 rings (SSSR count). The van der Waals surface area contributed by atoms with Crippen molar-refractivity contribution < 1.29 is 0 Å². The summed E-state index contributed by atoms with van der Waals surface area (Å²) in [5.74, 6) is 0. The lowest BCUT2D eigenvalue weighted by Gasteiger charge is -2.30. The first-order valence-corrected chi connectivity index (χ1v) is 17.9. The number of nitrogens with zero attached hydrogens (tertiary/aromatic N) is 1. The number of hydrogen-bond donors (Lipinski definition) is 0. The maximum Gasteiger partial charge on any atom is 0.0990 e. The SMILES string of the molecule is CC1(C)N=C(c2ccc(-c3ccc4c(-c5ccc6ccccc6c5)c5ccccc5c(-c5ccc6ccccc6c5)c4c3)cc2)SC1(C)C. The molecule has 0 radical (unpaired) electrons. The lowest BCUT2D eigenvalue weighted by atomic mass is 9.84. The van der Waals surface area contributed by atoms with Gasteiger partial charge in [-0.25, -0.2) is 0 Å². The van der Waals surface area contributed by atoms with Crippen LogP contribution in [0.15, 0.2) is 157 Å². The van der Waals surface area contributed by atoms with Crippen LogP contribution < -0.4 is 0 Å². The van der Waals surface area contributed by atoms with E-state index in [2.05, 4.69) is 179 Å². The molecule has 2 heteroatoms. The maximum absolute atomic E-state index is 5.12. The molecule has 0 fully saturated rings. The third-order valence-corrected chi connectivity index (χ3v) is 12.3. The highest BCUT2D eigenvalue weighted by Gasteiger charge is 2.44. The Morgan fingerprint density at radius 2 is 0.837 bits per heavy atom. The van der Waals surface area contributed by atoms with E-state index in [4.69, 9.17) is 4.99 Å². The van der Waals surface area contributed by atoms with Gasteiger partial charge in [0.25, 0.3) is 0 Å². The first-order valence-electron chi connectivity index (χ1n) is 17.1. The molecule has 0 N–H and O–H groups in total. The van der Waals surface area contributed by atoms with Crippen LogP contribution in [0.4, 0.5) is 0 Å². The van der Waals surface area contributed by atoms with Gasteiger partial charge in [-0.3, -0.25) is 4.99 Å². The van der Waals surface area contributed by atoms with E-state index in [1.807, 2.05) is 11.8 Å². The van der Waals surface area contributed by atoms with E-state index >= 15 is 0 Å². The fraction of sp³-hybridized carbons (Fsp3) is 0.128. The summed E-state index contributed by atoms with van der Waals surface area (Å²) in [6, 6.07) is 56.1. The van der Waals surface area contributed by atoms with Gasteiger partial charge in [0.05, 0.1) is 10.6 Å². The van der Waals surface area contributed by atoms with Gasteiger partial charge in [0, 0.05) is 10.3 Å². The lowest BCUT2D eigenvalue weighted by molar-refractivity contribution is 0.426. The van der Waals surface area contributed by atoms with E-state index in [-0.39, 0.29) is 10.3 Å². The van der Waals surface area contributed by atoms with Crippen molar-refractivity contribution in [3.05, 3.63) is 157 Å². The average Bonchev–Trinajstić information content (AvgIpc) is 3.35. The molecule has 1 aliphatic heterocycles. The molecule has 0 saturated carbocycles. The van der Waals surface area contributed by atoms with Crippen molar-refractivity contribution in [1.82, 2.24) is 0 Å². The molecule has 0 saturated heterocycles. The second kappa shape index (κ2) is 11.2. The van der Waals surface area contributed by atoms with Crippen LogP contribution in [-0.4, -0.2) is 15.3 Å². The summed E-state index contributed by atoms with van der Waals surface area (Å²) in [7, 11) is 0. The van der Waals surface area contributed by atoms with Gasteiger partial charge in [0.1, 0.15) is 0 Å². The molecule has 0 atom stereocenters. The van der Waals surface area contributed by atoms with Crippen molar-refractivity contribution in [3.8, 4) is 33.4 Å². The Morgan fingerprint density at radius 1 is 0.388 bits per heavy atom. The number of thioether (sulfide) groups is 1. The van der Waals surface area contributed by atoms with Crippen LogP contribution >= 0.6 is 11.8 Å². The molecule has 0 aliphatic carbocycles. The number of rotatable bonds is 4. The first-order chi connectivity index (χ1) is 23.8. The van der Waals surface area contributed by atoms with Crippen molar-refractivity contribution >= 4 is 59.9 Å². The quantitative estimate of drug-likeness (QED) is 0.173. The third-order valence-electron chi connectivity index (χ3n) is 10.8. The number of aliphatic imine (C=N–C) groups is 1. The lowest BCUT2D eigenvalue weighted by Crippen LogP contribution is -2.36. The van der Waals surface area contributed by atoms with Crippen LogP contribution in [0.5, 0.6) is 0 Å². The predicted octanol–water partition coefficient (Wildman–Crippen LogP) is 13.4. The standard InChI is InChI=1S/C47H37NS/c1-46(2)47(3,4)49-45(48-46)33-21-17-32(18-22-33)36-25-26-41-42(29-36)44(38-24-20-31-12-6-8-14-35(31)28-38)40-16-10-9-15-39(40)43(41)37-23-19-30-11-5-7-13-34(30)27-37/h5-29H,1-4H3. The van der Waals surface area contributed by atoms with Gasteiger partial charge in [-0.15, -0.1) is 0 Å². The highest BCUT2D eigenvalue weighted by Crippen LogP contribution is 2.48. The minimum absolute atomic E-state index is 0.0596. The van der Waals surface area contributed by atoms with Gasteiger partial charge in [-0.2, -0.15) is 0 Å². The van der Waals surface area contributed by atoms with Gasteiger partial charge < -0.3 is 0 Å². The molecule has 0 bridgehead atoms. The summed E-state index contributed by atoms with van der Waals surface area (Å²) < 4.78 is 0.0596. The van der Waals surface area contributed by atoms with Crippen molar-refractivity contribution in [3.63, 3.8) is 0 Å². The van der Waals surface area contributed by atoms with Crippen LogP contribution in [0.3, 0.4) is 0 Å². The Bertz CT molecular complexity index is 2620. The maximum atomic E-state index is 5.12. The van der Waals surface area contributed by atoms with Crippen molar-refractivity contribution in [1.29, 1.82) is 0 Å². The Labute approximate surface area is 292 Å². The summed E-state index contributed by atoms with van der Waals surface area (Å²) in [5.41, 5.74) is 8.54. The van der Waals surface area contributed by atoms with E-state index in [1.165, 1.54) is 82.0 Å². The zero-order valence-electron chi connectivity index (χ0n) is 28.3. The molecule has 236 valence electrons. The fourth-order valence-corrected chi connectivity index (χ4v) is 8.68. The predicted molar refractivity (Wildman–Crippen MR) is 215 cm³/mol. The second-order valence-electron chi connectivity index (χ2n) is 14.3. The van der Waals surface area contributed by atoms with E-state index in [0.717, 1.165) is 5.04 Å². The minimum Gasteiger partial charge on any atom is -0.270 e. The Kier molecular flexibility index (Phi) is 6.83. The molecule has 49 heavy (non-hydrogen) atoms. The van der Waals surface area contributed by atoms with Gasteiger partial charge in [-0.05, 0) is 122 Å². The molecule has 0 spiro atoms. The van der Waals surface area contributed by atoms with Crippen molar-refractivity contribution in [2.75, 3.05) is 0 Å². The van der Waals surface area contributed by atoms with E-state index < -0.39 is 0 Å². The monoisotopic (exact) mass is 647 g/mol. The van der Waals surface area contributed by atoms with Gasteiger partial charge >= 0.3 is 0 Å². The molecule has 8 aromatic carbocycles. The molecule has 0 unspecified atom stereocenters. The van der Waals surface area contributed by atoms with Crippen LogP contribution in [0.25, 0.3) is 76.5 Å². The Hall–Kier alpha value is -5.18. The summed E-state index contributed by atoms with van der Waals surface area (Å²) in [4.78, 5) is 5.12. The fourth-order valence-electron chi connectivity index (χ4n) is 7.38. The molecule has 1 heterocycles. The topological polar surface area (TPSA) is 12.4 Å². The van der Waals surface area contributed by atoms with Crippen LogP contribution in [0.2, 0.25) is 0 Å². The molecule has 8 aromatic rings. The third kappa shape index (κ3) is 4.97. The molecule has 1 aliphatic rings. The number of fused-ring (bicyclic) bond motifs is 4. The molecule has 1 nitrogen and oxygen atoms in total. The molecular formula is C47H37NS. The smallest absolute Gasteiger partial charge is 0.0990 e. The Morgan fingerprint density at radius 3 is 1.39 bits per heavy atom. The van der Waals surface area contributed by atoms with Crippen LogP contribution in [0.1, 0.15) is 33.3 Å². The Balaban J connectivity index is 1.28. The zero-order chi connectivity index (χ0) is 33.3. The van der Waals surface area contributed by atoms with Crippen molar-refractivity contribution in [2.24, 2.45) is 4.99 Å². The van der Waals surface area contributed by atoms with Gasteiger partial charge in [0.2, 0.25) is 0 Å². The van der Waals surface area contributed by atoms with E-state index in [0.29, 0.717) is 0 Å². The number of benzene rings is 8. The highest BCUT2D eigenvalue weighted by atomic mass is 32.2. The number of hydrogen-bond acceptors (Lipinski definition) is 2. The van der Waals surface area contributed by atoms with Crippen LogP contribution in [-0.2, 0) is 0 Å². The van der Waals surface area contributed by atoms with Crippen molar-refractivity contribution in [2.45, 2.75) is 38.0 Å². The molecule has 0 aromatic heterocycles. The normalized spacial score (nSPS) is 15.3. The van der Waals surface area contributed by atoms with E-state index in [1.54, 1.807) is 0 Å². The summed E-state index contributed by atoms with van der Waals surface area (Å²) in [6.45, 7) is 9.06. The van der Waals surface area contributed by atoms with Gasteiger partial charge in [-0.1, -0.05) is 145 Å². The van der Waals surface area contributed by atoms with Crippen LogP contribution in [0, 0.1) is 0 Å². The zero-order valence-corrected chi connectivity index (χ0v) is 29.1. The molecular weight excluding hydrogens is 611 g/mol. The summed E-state index contributed by atoms with van der Waals surface area (Å²) in [5, 5.41) is 11.2. The average molecular weight is 648 g/mol. The van der Waals surface area contributed by atoms with Gasteiger partial charge in [0.15, 0.2) is 0 Å². The summed E-state index contributed by atoms with van der Waals surface area (Å²) in [6.07, 6.45) is 0. The van der Waals surface area contributed by atoms with E-state index in [9.17, 15) is 0 Å².